The molecule has 86 valence electrons. The van der Waals surface area contributed by atoms with Crippen molar-refractivity contribution in [2.24, 2.45) is 0 Å². The second-order valence-electron chi connectivity index (χ2n) is 5.00. The quantitative estimate of drug-likeness (QED) is 0.713. The van der Waals surface area contributed by atoms with Crippen LogP contribution in [0.1, 0.15) is 18.4 Å². The Balaban J connectivity index is 1.76. The van der Waals surface area contributed by atoms with Gasteiger partial charge >= 0.3 is 0 Å². The Hall–Kier alpha value is -1.09. The first-order chi connectivity index (χ1) is 7.83. The van der Waals surface area contributed by atoms with Crippen molar-refractivity contribution < 1.29 is 0 Å². The van der Waals surface area contributed by atoms with E-state index in [0.29, 0.717) is 0 Å². The van der Waals surface area contributed by atoms with Gasteiger partial charge in [0.15, 0.2) is 0 Å². The van der Waals surface area contributed by atoms with E-state index in [0.717, 1.165) is 12.6 Å². The van der Waals surface area contributed by atoms with E-state index in [2.05, 4.69) is 27.8 Å². The smallest absolute Gasteiger partial charge is 0.0556 e. The molecular formula is C13H19N3. The molecule has 2 aliphatic heterocycles. The van der Waals surface area contributed by atoms with Gasteiger partial charge in [0.05, 0.1) is 11.9 Å². The van der Waals surface area contributed by atoms with E-state index in [9.17, 15) is 0 Å². The number of pyridine rings is 1. The van der Waals surface area contributed by atoms with Crippen LogP contribution >= 0.6 is 0 Å². The summed E-state index contributed by atoms with van der Waals surface area (Å²) >= 11 is 0. The van der Waals surface area contributed by atoms with Crippen LogP contribution in [0.4, 0.5) is 5.69 Å². The fourth-order valence-corrected chi connectivity index (χ4v) is 2.94. The second-order valence-corrected chi connectivity index (χ2v) is 5.00. The lowest BCUT2D eigenvalue weighted by Gasteiger charge is -2.38. The van der Waals surface area contributed by atoms with Crippen LogP contribution in [-0.4, -0.2) is 42.1 Å². The predicted octanol–water partition coefficient (Wildman–Crippen LogP) is 1.67. The van der Waals surface area contributed by atoms with E-state index in [1.54, 1.807) is 0 Å². The van der Waals surface area contributed by atoms with Crippen LogP contribution in [0.3, 0.4) is 0 Å². The van der Waals surface area contributed by atoms with E-state index in [1.807, 2.05) is 12.4 Å². The molecule has 0 aromatic carbocycles. The van der Waals surface area contributed by atoms with Crippen LogP contribution in [0.25, 0.3) is 0 Å². The highest BCUT2D eigenvalue weighted by atomic mass is 15.3. The number of hydrogen-bond acceptors (Lipinski definition) is 3. The van der Waals surface area contributed by atoms with E-state index >= 15 is 0 Å². The topological polar surface area (TPSA) is 19.4 Å². The summed E-state index contributed by atoms with van der Waals surface area (Å²) in [4.78, 5) is 9.42. The Morgan fingerprint density at radius 2 is 2.19 bits per heavy atom. The van der Waals surface area contributed by atoms with Crippen LogP contribution in [0, 0.1) is 6.92 Å². The molecule has 0 aliphatic carbocycles. The molecule has 2 saturated heterocycles. The van der Waals surface area contributed by atoms with Gasteiger partial charge in [0.2, 0.25) is 0 Å². The maximum Gasteiger partial charge on any atom is 0.0556 e. The number of fused-ring (bicyclic) bond motifs is 1. The molecule has 0 spiro atoms. The molecule has 0 saturated carbocycles. The third kappa shape index (κ3) is 1.80. The summed E-state index contributed by atoms with van der Waals surface area (Å²) in [5.41, 5.74) is 2.55. The highest BCUT2D eigenvalue weighted by molar-refractivity contribution is 5.46. The van der Waals surface area contributed by atoms with Crippen LogP contribution in [-0.2, 0) is 0 Å². The Bertz CT molecular complexity index is 377. The maximum atomic E-state index is 4.29. The molecule has 16 heavy (non-hydrogen) atoms. The van der Waals surface area contributed by atoms with Crippen molar-refractivity contribution in [3.05, 3.63) is 24.0 Å². The summed E-state index contributed by atoms with van der Waals surface area (Å²) in [6.07, 6.45) is 6.67. The summed E-state index contributed by atoms with van der Waals surface area (Å²) in [5, 5.41) is 0. The van der Waals surface area contributed by atoms with Crippen molar-refractivity contribution in [2.45, 2.75) is 25.8 Å². The predicted molar refractivity (Wildman–Crippen MR) is 65.8 cm³/mol. The van der Waals surface area contributed by atoms with E-state index in [4.69, 9.17) is 0 Å². The molecule has 1 unspecified atom stereocenters. The van der Waals surface area contributed by atoms with Crippen LogP contribution < -0.4 is 4.90 Å². The lowest BCUT2D eigenvalue weighted by atomic mass is 10.1. The van der Waals surface area contributed by atoms with Gasteiger partial charge in [-0.25, -0.2) is 0 Å². The zero-order valence-corrected chi connectivity index (χ0v) is 9.89. The maximum absolute atomic E-state index is 4.29. The summed E-state index contributed by atoms with van der Waals surface area (Å²) in [7, 11) is 0. The molecule has 0 N–H and O–H groups in total. The normalized spacial score (nSPS) is 25.8. The lowest BCUT2D eigenvalue weighted by molar-refractivity contribution is 0.231. The fraction of sp³-hybridized carbons (Fsp3) is 0.615. The first-order valence-electron chi connectivity index (χ1n) is 6.23. The van der Waals surface area contributed by atoms with Gasteiger partial charge in [-0.3, -0.25) is 9.88 Å². The van der Waals surface area contributed by atoms with Crippen LogP contribution in [0.2, 0.25) is 0 Å². The summed E-state index contributed by atoms with van der Waals surface area (Å²) in [5.74, 6) is 0. The average molecular weight is 217 g/mol. The molecule has 0 radical (unpaired) electrons. The molecule has 0 bridgehead atoms. The van der Waals surface area contributed by atoms with Crippen molar-refractivity contribution in [1.29, 1.82) is 0 Å². The zero-order valence-electron chi connectivity index (χ0n) is 9.89. The molecule has 1 aromatic rings. The number of aryl methyl sites for hydroxylation is 1. The standard InChI is InChI=1S/C13H19N3/c1-11-7-13(9-14-8-11)16-6-5-15-4-2-3-12(15)10-16/h7-9,12H,2-6,10H2,1H3. The number of nitrogens with zero attached hydrogens (tertiary/aromatic N) is 3. The molecule has 3 heteroatoms. The van der Waals surface area contributed by atoms with E-state index in [-0.39, 0.29) is 0 Å². The first-order valence-corrected chi connectivity index (χ1v) is 6.23. The Morgan fingerprint density at radius 3 is 3.06 bits per heavy atom. The van der Waals surface area contributed by atoms with Gasteiger partial charge in [-0.15, -0.1) is 0 Å². The van der Waals surface area contributed by atoms with Gasteiger partial charge in [0.25, 0.3) is 0 Å². The number of anilines is 1. The van der Waals surface area contributed by atoms with Crippen molar-refractivity contribution in [3.63, 3.8) is 0 Å². The Labute approximate surface area is 97.1 Å². The van der Waals surface area contributed by atoms with Crippen molar-refractivity contribution >= 4 is 5.69 Å². The SMILES string of the molecule is Cc1cncc(N2CCN3CCCC3C2)c1. The number of rotatable bonds is 1. The minimum Gasteiger partial charge on any atom is -0.367 e. The highest BCUT2D eigenvalue weighted by Gasteiger charge is 2.30. The third-order valence-corrected chi connectivity index (χ3v) is 3.81. The highest BCUT2D eigenvalue weighted by Crippen LogP contribution is 2.25. The molecule has 1 atom stereocenters. The van der Waals surface area contributed by atoms with Gasteiger partial charge in [-0.05, 0) is 37.9 Å². The largest absolute Gasteiger partial charge is 0.367 e. The van der Waals surface area contributed by atoms with Crippen molar-refractivity contribution in [3.8, 4) is 0 Å². The number of aromatic nitrogens is 1. The summed E-state index contributed by atoms with van der Waals surface area (Å²) in [6, 6.07) is 3.03. The zero-order chi connectivity index (χ0) is 11.0. The van der Waals surface area contributed by atoms with Crippen LogP contribution in [0.15, 0.2) is 18.5 Å². The van der Waals surface area contributed by atoms with E-state index < -0.39 is 0 Å². The number of hydrogen-bond donors (Lipinski definition) is 0. The Kier molecular flexibility index (Phi) is 2.56. The average Bonchev–Trinajstić information content (AvgIpc) is 2.75. The molecule has 2 fully saturated rings. The second kappa shape index (κ2) is 4.06. The molecule has 3 heterocycles. The lowest BCUT2D eigenvalue weighted by Crippen LogP contribution is -2.50. The van der Waals surface area contributed by atoms with Crippen molar-refractivity contribution in [1.82, 2.24) is 9.88 Å². The summed E-state index contributed by atoms with van der Waals surface area (Å²) in [6.45, 7) is 6.98. The molecule has 3 nitrogen and oxygen atoms in total. The molecule has 2 aliphatic rings. The molecule has 3 rings (SSSR count). The van der Waals surface area contributed by atoms with Gasteiger partial charge < -0.3 is 4.90 Å². The van der Waals surface area contributed by atoms with Gasteiger partial charge in [-0.1, -0.05) is 0 Å². The molecular weight excluding hydrogens is 198 g/mol. The van der Waals surface area contributed by atoms with Crippen LogP contribution in [0.5, 0.6) is 0 Å². The molecule has 1 aromatic heterocycles. The first kappa shape index (κ1) is 10.1. The molecule has 0 amide bonds. The summed E-state index contributed by atoms with van der Waals surface area (Å²) < 4.78 is 0. The monoisotopic (exact) mass is 217 g/mol. The minimum atomic E-state index is 0.786. The van der Waals surface area contributed by atoms with Crippen molar-refractivity contribution in [2.75, 3.05) is 31.1 Å². The fourth-order valence-electron chi connectivity index (χ4n) is 2.94. The number of piperazine rings is 1. The van der Waals surface area contributed by atoms with Gasteiger partial charge in [-0.2, -0.15) is 0 Å². The van der Waals surface area contributed by atoms with E-state index in [1.165, 1.54) is 43.7 Å². The minimum absolute atomic E-state index is 0.786. The van der Waals surface area contributed by atoms with Gasteiger partial charge in [0, 0.05) is 31.9 Å². The third-order valence-electron chi connectivity index (χ3n) is 3.81. The van der Waals surface area contributed by atoms with Gasteiger partial charge in [0.1, 0.15) is 0 Å². The Morgan fingerprint density at radius 1 is 1.25 bits per heavy atom.